The van der Waals surface area contributed by atoms with Gasteiger partial charge in [0.2, 0.25) is 5.75 Å². The number of hydrogen-bond donors (Lipinski definition) is 1. The molecule has 7 heteroatoms. The van der Waals surface area contributed by atoms with Crippen molar-refractivity contribution in [2.24, 2.45) is 0 Å². The van der Waals surface area contributed by atoms with Crippen LogP contribution in [-0.2, 0) is 0 Å². The topological polar surface area (TPSA) is 83.9 Å². The maximum atomic E-state index is 5.79. The minimum absolute atomic E-state index is 0.534. The van der Waals surface area contributed by atoms with Gasteiger partial charge in [0.25, 0.3) is 0 Å². The summed E-state index contributed by atoms with van der Waals surface area (Å²) in [5.74, 6) is 1.66. The Morgan fingerprint density at radius 1 is 0.893 bits per heavy atom. The SMILES string of the molecule is COc1cc(-c2nccn3cc(-c4ccc(N)cc4)nc23)cc(OC)c1OC. The minimum atomic E-state index is 0.534. The van der Waals surface area contributed by atoms with Crippen LogP contribution < -0.4 is 19.9 Å². The van der Waals surface area contributed by atoms with Gasteiger partial charge in [0.05, 0.1) is 27.0 Å². The van der Waals surface area contributed by atoms with Crippen LogP contribution in [0.4, 0.5) is 5.69 Å². The summed E-state index contributed by atoms with van der Waals surface area (Å²) in [6.07, 6.45) is 5.56. The minimum Gasteiger partial charge on any atom is -0.493 e. The molecule has 0 saturated heterocycles. The summed E-state index contributed by atoms with van der Waals surface area (Å²) in [4.78, 5) is 9.34. The van der Waals surface area contributed by atoms with Crippen LogP contribution in [-0.4, -0.2) is 35.7 Å². The van der Waals surface area contributed by atoms with Crippen LogP contribution in [0.15, 0.2) is 55.0 Å². The maximum absolute atomic E-state index is 5.79. The molecule has 0 bridgehead atoms. The molecule has 0 aliphatic carbocycles. The molecular formula is C21H20N4O3. The predicted octanol–water partition coefficient (Wildman–Crippen LogP) is 3.67. The Hall–Kier alpha value is -3.74. The second-order valence-electron chi connectivity index (χ2n) is 6.17. The molecular weight excluding hydrogens is 356 g/mol. The first-order valence-corrected chi connectivity index (χ1v) is 8.64. The lowest BCUT2D eigenvalue weighted by atomic mass is 10.1. The number of fused-ring (bicyclic) bond motifs is 1. The standard InChI is InChI=1S/C21H20N4O3/c1-26-17-10-14(11-18(27-2)20(17)28-3)19-21-24-16(12-25(21)9-8-23-19)13-4-6-15(22)7-5-13/h4-12H,22H2,1-3H3. The summed E-state index contributed by atoms with van der Waals surface area (Å²) >= 11 is 0. The van der Waals surface area contributed by atoms with Gasteiger partial charge in [-0.2, -0.15) is 0 Å². The van der Waals surface area contributed by atoms with E-state index < -0.39 is 0 Å². The fraction of sp³-hybridized carbons (Fsp3) is 0.143. The first-order chi connectivity index (χ1) is 13.6. The molecule has 0 atom stereocenters. The van der Waals surface area contributed by atoms with E-state index >= 15 is 0 Å². The molecule has 142 valence electrons. The number of nitrogens with two attached hydrogens (primary N) is 1. The number of aromatic nitrogens is 3. The second-order valence-corrected chi connectivity index (χ2v) is 6.17. The van der Waals surface area contributed by atoms with Gasteiger partial charge in [-0.3, -0.25) is 4.98 Å². The van der Waals surface area contributed by atoms with Crippen molar-refractivity contribution in [1.29, 1.82) is 0 Å². The van der Waals surface area contributed by atoms with Crippen LogP contribution in [0.1, 0.15) is 0 Å². The zero-order chi connectivity index (χ0) is 19.7. The lowest BCUT2D eigenvalue weighted by Crippen LogP contribution is -1.97. The van der Waals surface area contributed by atoms with Crippen LogP contribution in [0.2, 0.25) is 0 Å². The third kappa shape index (κ3) is 2.96. The molecule has 2 N–H and O–H groups in total. The van der Waals surface area contributed by atoms with Crippen LogP contribution in [0.5, 0.6) is 17.2 Å². The Morgan fingerprint density at radius 2 is 1.57 bits per heavy atom. The molecule has 0 radical (unpaired) electrons. The zero-order valence-corrected chi connectivity index (χ0v) is 15.8. The average Bonchev–Trinajstić information content (AvgIpc) is 3.17. The highest BCUT2D eigenvalue weighted by atomic mass is 16.5. The van der Waals surface area contributed by atoms with Gasteiger partial charge in [0.1, 0.15) is 5.69 Å². The summed E-state index contributed by atoms with van der Waals surface area (Å²) in [7, 11) is 4.75. The van der Waals surface area contributed by atoms with Crippen molar-refractivity contribution in [2.75, 3.05) is 27.1 Å². The number of ether oxygens (including phenoxy) is 3. The number of nitrogens with zero attached hydrogens (tertiary/aromatic N) is 3. The fourth-order valence-corrected chi connectivity index (χ4v) is 3.13. The van der Waals surface area contributed by atoms with Gasteiger partial charge in [-0.1, -0.05) is 12.1 Å². The van der Waals surface area contributed by atoms with Crippen molar-refractivity contribution in [3.05, 3.63) is 55.0 Å². The Bertz CT molecular complexity index is 1110. The van der Waals surface area contributed by atoms with Crippen LogP contribution in [0, 0.1) is 0 Å². The highest BCUT2D eigenvalue weighted by molar-refractivity contribution is 5.79. The Labute approximate surface area is 162 Å². The first-order valence-electron chi connectivity index (χ1n) is 8.64. The first kappa shape index (κ1) is 17.7. The normalized spacial score (nSPS) is 10.8. The number of anilines is 1. The lowest BCUT2D eigenvalue weighted by molar-refractivity contribution is 0.324. The summed E-state index contributed by atoms with van der Waals surface area (Å²) < 4.78 is 18.3. The van der Waals surface area contributed by atoms with E-state index in [0.29, 0.717) is 28.6 Å². The molecule has 0 fully saturated rings. The number of benzene rings is 2. The summed E-state index contributed by atoms with van der Waals surface area (Å²) in [5, 5.41) is 0. The van der Waals surface area contributed by atoms with Gasteiger partial charge in [0.15, 0.2) is 17.1 Å². The molecule has 0 aliphatic rings. The van der Waals surface area contributed by atoms with E-state index in [9.17, 15) is 0 Å². The molecule has 0 unspecified atom stereocenters. The van der Waals surface area contributed by atoms with E-state index in [0.717, 1.165) is 22.5 Å². The smallest absolute Gasteiger partial charge is 0.203 e. The van der Waals surface area contributed by atoms with Crippen molar-refractivity contribution in [3.8, 4) is 39.8 Å². The van der Waals surface area contributed by atoms with E-state index in [-0.39, 0.29) is 0 Å². The number of hydrogen-bond acceptors (Lipinski definition) is 6. The molecule has 7 nitrogen and oxygen atoms in total. The van der Waals surface area contributed by atoms with Gasteiger partial charge < -0.3 is 24.3 Å². The van der Waals surface area contributed by atoms with Crippen LogP contribution in [0.3, 0.4) is 0 Å². The molecule has 2 aromatic heterocycles. The van der Waals surface area contributed by atoms with Crippen LogP contribution in [0.25, 0.3) is 28.2 Å². The summed E-state index contributed by atoms with van der Waals surface area (Å²) in [5.41, 5.74) is 10.6. The summed E-state index contributed by atoms with van der Waals surface area (Å²) in [6.45, 7) is 0. The van der Waals surface area contributed by atoms with Crippen molar-refractivity contribution < 1.29 is 14.2 Å². The van der Waals surface area contributed by atoms with Gasteiger partial charge in [-0.25, -0.2) is 4.98 Å². The average molecular weight is 376 g/mol. The highest BCUT2D eigenvalue weighted by Gasteiger charge is 2.17. The second kappa shape index (κ2) is 7.11. The lowest BCUT2D eigenvalue weighted by Gasteiger charge is -2.14. The van der Waals surface area contributed by atoms with Gasteiger partial charge in [-0.15, -0.1) is 0 Å². The van der Waals surface area contributed by atoms with E-state index in [1.807, 2.05) is 53.2 Å². The fourth-order valence-electron chi connectivity index (χ4n) is 3.13. The van der Waals surface area contributed by atoms with E-state index in [1.165, 1.54) is 0 Å². The molecule has 2 aromatic carbocycles. The molecule has 0 amide bonds. The number of rotatable bonds is 5. The van der Waals surface area contributed by atoms with Crippen molar-refractivity contribution in [1.82, 2.24) is 14.4 Å². The number of imidazole rings is 1. The van der Waals surface area contributed by atoms with E-state index in [4.69, 9.17) is 24.9 Å². The van der Waals surface area contributed by atoms with Crippen molar-refractivity contribution >= 4 is 11.3 Å². The van der Waals surface area contributed by atoms with Gasteiger partial charge >= 0.3 is 0 Å². The quantitative estimate of drug-likeness (QED) is 0.535. The van der Waals surface area contributed by atoms with E-state index in [2.05, 4.69) is 4.98 Å². The largest absolute Gasteiger partial charge is 0.493 e. The Balaban J connectivity index is 1.89. The molecule has 28 heavy (non-hydrogen) atoms. The third-order valence-electron chi connectivity index (χ3n) is 4.52. The molecule has 0 saturated carbocycles. The monoisotopic (exact) mass is 376 g/mol. The molecule has 4 rings (SSSR count). The maximum Gasteiger partial charge on any atom is 0.203 e. The Morgan fingerprint density at radius 3 is 2.18 bits per heavy atom. The predicted molar refractivity (Wildman–Crippen MR) is 108 cm³/mol. The van der Waals surface area contributed by atoms with Gasteiger partial charge in [-0.05, 0) is 24.3 Å². The number of methoxy groups -OCH3 is 3. The van der Waals surface area contributed by atoms with Crippen molar-refractivity contribution in [3.63, 3.8) is 0 Å². The van der Waals surface area contributed by atoms with Crippen molar-refractivity contribution in [2.45, 2.75) is 0 Å². The highest BCUT2D eigenvalue weighted by Crippen LogP contribution is 2.41. The number of nitrogen functional groups attached to an aromatic ring is 1. The third-order valence-corrected chi connectivity index (χ3v) is 4.52. The van der Waals surface area contributed by atoms with Crippen LogP contribution >= 0.6 is 0 Å². The Kier molecular flexibility index (Phi) is 4.49. The summed E-state index contributed by atoms with van der Waals surface area (Å²) in [6, 6.07) is 11.3. The molecule has 0 aliphatic heterocycles. The zero-order valence-electron chi connectivity index (χ0n) is 15.8. The molecule has 0 spiro atoms. The van der Waals surface area contributed by atoms with E-state index in [1.54, 1.807) is 27.5 Å². The van der Waals surface area contributed by atoms with Gasteiger partial charge in [0, 0.05) is 35.4 Å². The molecule has 2 heterocycles. The molecule has 4 aromatic rings.